The summed E-state index contributed by atoms with van der Waals surface area (Å²) in [4.78, 5) is 18.0. The number of aryl methyl sites for hydroxylation is 1. The first-order valence-corrected chi connectivity index (χ1v) is 7.07. The minimum Gasteiger partial charge on any atom is -0.376 e. The van der Waals surface area contributed by atoms with Gasteiger partial charge in [-0.3, -0.25) is 9.69 Å². The highest BCUT2D eigenvalue weighted by atomic mass is 16.5. The van der Waals surface area contributed by atoms with E-state index in [4.69, 9.17) is 9.26 Å². The standard InChI is InChI=1S/C13H22N4O3/c1-3-17(9-13-15-10(2)16-20-13)8-12(18)14-7-11-5-4-6-19-11/h11H,3-9H2,1-2H3,(H,14,18)/t11-/m1/s1. The molecule has 1 atom stereocenters. The third-order valence-electron chi connectivity index (χ3n) is 3.29. The Morgan fingerprint density at radius 1 is 1.55 bits per heavy atom. The number of carbonyl (C=O) groups is 1. The molecule has 1 aromatic heterocycles. The van der Waals surface area contributed by atoms with E-state index in [1.807, 2.05) is 11.8 Å². The Bertz CT molecular complexity index is 429. The zero-order valence-electron chi connectivity index (χ0n) is 12.1. The lowest BCUT2D eigenvalue weighted by Crippen LogP contribution is -2.39. The van der Waals surface area contributed by atoms with Gasteiger partial charge in [-0.25, -0.2) is 0 Å². The molecule has 112 valence electrons. The van der Waals surface area contributed by atoms with E-state index in [1.54, 1.807) is 6.92 Å². The Kier molecular flexibility index (Phi) is 5.49. The molecular weight excluding hydrogens is 260 g/mol. The first kappa shape index (κ1) is 14.9. The number of aromatic nitrogens is 2. The monoisotopic (exact) mass is 282 g/mol. The topological polar surface area (TPSA) is 80.5 Å². The van der Waals surface area contributed by atoms with Gasteiger partial charge in [0.15, 0.2) is 5.82 Å². The number of amides is 1. The lowest BCUT2D eigenvalue weighted by Gasteiger charge is -2.18. The predicted octanol–water partition coefficient (Wildman–Crippen LogP) is 0.495. The maximum Gasteiger partial charge on any atom is 0.240 e. The molecule has 7 nitrogen and oxygen atoms in total. The number of ether oxygens (including phenoxy) is 1. The third kappa shape index (κ3) is 4.57. The van der Waals surface area contributed by atoms with E-state index in [0.29, 0.717) is 31.3 Å². The van der Waals surface area contributed by atoms with Crippen LogP contribution in [0.25, 0.3) is 0 Å². The van der Waals surface area contributed by atoms with Crippen LogP contribution < -0.4 is 5.32 Å². The highest BCUT2D eigenvalue weighted by molar-refractivity contribution is 5.78. The van der Waals surface area contributed by atoms with Crippen LogP contribution in [0.2, 0.25) is 0 Å². The van der Waals surface area contributed by atoms with Crippen molar-refractivity contribution in [1.82, 2.24) is 20.4 Å². The van der Waals surface area contributed by atoms with Gasteiger partial charge in [0, 0.05) is 13.2 Å². The van der Waals surface area contributed by atoms with Crippen LogP contribution in [0.4, 0.5) is 0 Å². The molecule has 0 bridgehead atoms. The normalized spacial score (nSPS) is 18.6. The average molecular weight is 282 g/mol. The van der Waals surface area contributed by atoms with Gasteiger partial charge in [0.2, 0.25) is 11.8 Å². The molecule has 1 saturated heterocycles. The number of nitrogens with one attached hydrogen (secondary N) is 1. The van der Waals surface area contributed by atoms with Crippen LogP contribution in [0, 0.1) is 6.92 Å². The number of likely N-dealkylation sites (N-methyl/N-ethyl adjacent to an activating group) is 1. The molecular formula is C13H22N4O3. The largest absolute Gasteiger partial charge is 0.376 e. The molecule has 2 rings (SSSR count). The molecule has 0 radical (unpaired) electrons. The van der Waals surface area contributed by atoms with Crippen molar-refractivity contribution in [2.75, 3.05) is 26.2 Å². The van der Waals surface area contributed by atoms with Gasteiger partial charge >= 0.3 is 0 Å². The van der Waals surface area contributed by atoms with Crippen molar-refractivity contribution in [1.29, 1.82) is 0 Å². The second kappa shape index (κ2) is 7.35. The maximum absolute atomic E-state index is 11.9. The molecule has 0 spiro atoms. The molecule has 0 saturated carbocycles. The van der Waals surface area contributed by atoms with Gasteiger partial charge in [0.1, 0.15) is 0 Å². The molecule has 1 fully saturated rings. The van der Waals surface area contributed by atoms with E-state index < -0.39 is 0 Å². The first-order valence-electron chi connectivity index (χ1n) is 7.07. The minimum atomic E-state index is -0.00131. The van der Waals surface area contributed by atoms with Crippen LogP contribution >= 0.6 is 0 Å². The fourth-order valence-corrected chi connectivity index (χ4v) is 2.17. The molecule has 1 aromatic rings. The van der Waals surface area contributed by atoms with E-state index in [0.717, 1.165) is 26.0 Å². The predicted molar refractivity (Wildman–Crippen MR) is 72.0 cm³/mol. The Morgan fingerprint density at radius 3 is 3.00 bits per heavy atom. The molecule has 0 aliphatic carbocycles. The summed E-state index contributed by atoms with van der Waals surface area (Å²) in [5.41, 5.74) is 0. The SMILES string of the molecule is CCN(CC(=O)NC[C@H]1CCCO1)Cc1nc(C)no1. The molecule has 2 heterocycles. The Balaban J connectivity index is 1.72. The smallest absolute Gasteiger partial charge is 0.240 e. The summed E-state index contributed by atoms with van der Waals surface area (Å²) in [5, 5.41) is 6.65. The van der Waals surface area contributed by atoms with Gasteiger partial charge in [-0.05, 0) is 26.3 Å². The molecule has 1 amide bonds. The summed E-state index contributed by atoms with van der Waals surface area (Å²) in [5.74, 6) is 1.15. The van der Waals surface area contributed by atoms with Crippen molar-refractivity contribution >= 4 is 5.91 Å². The Morgan fingerprint density at radius 2 is 2.40 bits per heavy atom. The van der Waals surface area contributed by atoms with Gasteiger partial charge in [0.25, 0.3) is 0 Å². The quantitative estimate of drug-likeness (QED) is 0.784. The molecule has 20 heavy (non-hydrogen) atoms. The molecule has 1 aliphatic heterocycles. The van der Waals surface area contributed by atoms with E-state index in [1.165, 1.54) is 0 Å². The zero-order valence-corrected chi connectivity index (χ0v) is 12.1. The molecule has 0 aromatic carbocycles. The second-order valence-electron chi connectivity index (χ2n) is 4.98. The van der Waals surface area contributed by atoms with Crippen LogP contribution in [0.3, 0.4) is 0 Å². The van der Waals surface area contributed by atoms with Gasteiger partial charge in [-0.1, -0.05) is 12.1 Å². The van der Waals surface area contributed by atoms with E-state index in [9.17, 15) is 4.79 Å². The van der Waals surface area contributed by atoms with Crippen molar-refractivity contribution in [3.8, 4) is 0 Å². The van der Waals surface area contributed by atoms with Crippen molar-refractivity contribution < 1.29 is 14.1 Å². The minimum absolute atomic E-state index is 0.00131. The fraction of sp³-hybridized carbons (Fsp3) is 0.769. The Hall–Kier alpha value is -1.47. The summed E-state index contributed by atoms with van der Waals surface area (Å²) < 4.78 is 10.5. The first-order chi connectivity index (χ1) is 9.67. The molecule has 1 N–H and O–H groups in total. The number of nitrogens with zero attached hydrogens (tertiary/aromatic N) is 3. The van der Waals surface area contributed by atoms with Crippen molar-refractivity contribution in [2.24, 2.45) is 0 Å². The van der Waals surface area contributed by atoms with Crippen LogP contribution in [0.5, 0.6) is 0 Å². The van der Waals surface area contributed by atoms with Gasteiger partial charge < -0.3 is 14.6 Å². The zero-order chi connectivity index (χ0) is 14.4. The van der Waals surface area contributed by atoms with Crippen molar-refractivity contribution in [3.05, 3.63) is 11.7 Å². The van der Waals surface area contributed by atoms with E-state index in [-0.39, 0.29) is 12.0 Å². The van der Waals surface area contributed by atoms with Gasteiger partial charge in [0.05, 0.1) is 19.2 Å². The third-order valence-corrected chi connectivity index (χ3v) is 3.29. The molecule has 1 aliphatic rings. The lowest BCUT2D eigenvalue weighted by molar-refractivity contribution is -0.122. The van der Waals surface area contributed by atoms with Crippen LogP contribution in [0.15, 0.2) is 4.52 Å². The second-order valence-corrected chi connectivity index (χ2v) is 4.98. The van der Waals surface area contributed by atoms with Gasteiger partial charge in [-0.2, -0.15) is 4.98 Å². The highest BCUT2D eigenvalue weighted by Gasteiger charge is 2.17. The molecule has 7 heteroatoms. The van der Waals surface area contributed by atoms with E-state index >= 15 is 0 Å². The van der Waals surface area contributed by atoms with Gasteiger partial charge in [-0.15, -0.1) is 0 Å². The summed E-state index contributed by atoms with van der Waals surface area (Å²) in [7, 11) is 0. The summed E-state index contributed by atoms with van der Waals surface area (Å²) in [6.07, 6.45) is 2.28. The maximum atomic E-state index is 11.9. The number of hydrogen-bond acceptors (Lipinski definition) is 6. The Labute approximate surface area is 118 Å². The number of hydrogen-bond donors (Lipinski definition) is 1. The van der Waals surface area contributed by atoms with E-state index in [2.05, 4.69) is 15.5 Å². The van der Waals surface area contributed by atoms with Crippen molar-refractivity contribution in [2.45, 2.75) is 39.3 Å². The number of carbonyl (C=O) groups excluding carboxylic acids is 1. The van der Waals surface area contributed by atoms with Crippen LogP contribution in [0.1, 0.15) is 31.5 Å². The van der Waals surface area contributed by atoms with Crippen LogP contribution in [-0.2, 0) is 16.1 Å². The summed E-state index contributed by atoms with van der Waals surface area (Å²) >= 11 is 0. The average Bonchev–Trinajstić information content (AvgIpc) is 3.07. The fourth-order valence-electron chi connectivity index (χ4n) is 2.17. The highest BCUT2D eigenvalue weighted by Crippen LogP contribution is 2.10. The summed E-state index contributed by atoms with van der Waals surface area (Å²) in [6.45, 7) is 6.73. The van der Waals surface area contributed by atoms with Crippen LogP contribution in [-0.4, -0.2) is 53.3 Å². The lowest BCUT2D eigenvalue weighted by atomic mass is 10.2. The van der Waals surface area contributed by atoms with Crippen molar-refractivity contribution in [3.63, 3.8) is 0 Å². The molecule has 0 unspecified atom stereocenters. The number of rotatable bonds is 7. The summed E-state index contributed by atoms with van der Waals surface area (Å²) in [6, 6.07) is 0.